The molecule has 0 unspecified atom stereocenters. The molecule has 0 atom stereocenters. The number of fused-ring (bicyclic) bond motifs is 6. The molecule has 0 aliphatic carbocycles. The summed E-state index contributed by atoms with van der Waals surface area (Å²) in [7, 11) is 0. The van der Waals surface area contributed by atoms with E-state index in [1.807, 2.05) is 91.0 Å². The summed E-state index contributed by atoms with van der Waals surface area (Å²) in [5, 5.41) is 2.57. The van der Waals surface area contributed by atoms with Gasteiger partial charge in [0.25, 0.3) is 0 Å². The van der Waals surface area contributed by atoms with Crippen molar-refractivity contribution in [3.05, 3.63) is 182 Å². The van der Waals surface area contributed by atoms with Gasteiger partial charge in [-0.05, 0) is 42.5 Å². The predicted octanol–water partition coefficient (Wildman–Crippen LogP) is 12.0. The third-order valence-electron chi connectivity index (χ3n) is 9.66. The Kier molecular flexibility index (Phi) is 5.35. The number of furan rings is 1. The Morgan fingerprint density at radius 3 is 1.73 bits per heavy atom. The fourth-order valence-corrected chi connectivity index (χ4v) is 7.18. The molecule has 0 amide bonds. The first kappa shape index (κ1) is 23.1. The van der Waals surface area contributed by atoms with Gasteiger partial charge in [-0.3, -0.25) is 0 Å². The summed E-state index contributed by atoms with van der Waals surface area (Å²) in [4.78, 5) is 24.7. The lowest BCUT2D eigenvalue weighted by Gasteiger charge is -2.16. The highest BCUT2D eigenvalue weighted by Crippen LogP contribution is 2.40. The molecule has 11 aromatic rings. The predicted molar refractivity (Wildman–Crippen MR) is 224 cm³/mol. The van der Waals surface area contributed by atoms with Crippen LogP contribution >= 0.6 is 0 Å². The van der Waals surface area contributed by atoms with Crippen LogP contribution < -0.4 is 0 Å². The first-order valence-corrected chi connectivity index (χ1v) is 17.7. The van der Waals surface area contributed by atoms with Gasteiger partial charge < -0.3 is 8.98 Å². The first-order valence-electron chi connectivity index (χ1n) is 22.7. The van der Waals surface area contributed by atoms with E-state index in [1.54, 1.807) is 30.3 Å². The third-order valence-corrected chi connectivity index (χ3v) is 9.66. The summed E-state index contributed by atoms with van der Waals surface area (Å²) >= 11 is 0. The molecule has 0 radical (unpaired) electrons. The van der Waals surface area contributed by atoms with Crippen molar-refractivity contribution in [2.24, 2.45) is 0 Å². The van der Waals surface area contributed by atoms with Gasteiger partial charge in [-0.2, -0.15) is 0 Å². The minimum absolute atomic E-state index is 0.00813. The van der Waals surface area contributed by atoms with Gasteiger partial charge in [-0.25, -0.2) is 24.9 Å². The summed E-state index contributed by atoms with van der Waals surface area (Å²) in [6.45, 7) is 0. The quantitative estimate of drug-likeness (QED) is 0.169. The average molecular weight is 729 g/mol. The molecule has 0 N–H and O–H groups in total. The maximum absolute atomic E-state index is 8.93. The van der Waals surface area contributed by atoms with Crippen LogP contribution in [0, 0.1) is 0 Å². The molecule has 0 spiro atoms. The van der Waals surface area contributed by atoms with Crippen molar-refractivity contribution >= 4 is 43.9 Å². The van der Waals surface area contributed by atoms with Crippen molar-refractivity contribution in [2.45, 2.75) is 0 Å². The summed E-state index contributed by atoms with van der Waals surface area (Å²) in [5.74, 6) is 0.228. The van der Waals surface area contributed by atoms with E-state index in [0.717, 1.165) is 21.8 Å². The van der Waals surface area contributed by atoms with Crippen LogP contribution in [0.3, 0.4) is 0 Å². The van der Waals surface area contributed by atoms with Gasteiger partial charge in [-0.15, -0.1) is 0 Å². The first-order chi connectivity index (χ1) is 31.9. The van der Waals surface area contributed by atoms with Crippen LogP contribution in [-0.2, 0) is 0 Å². The second-order valence-corrected chi connectivity index (χ2v) is 12.9. The van der Waals surface area contributed by atoms with Gasteiger partial charge in [-0.1, -0.05) is 139 Å². The van der Waals surface area contributed by atoms with Crippen molar-refractivity contribution in [2.75, 3.05) is 0 Å². The third kappa shape index (κ3) is 5.25. The summed E-state index contributed by atoms with van der Waals surface area (Å²) in [6.07, 6.45) is 0. The molecule has 11 rings (SSSR count). The van der Waals surface area contributed by atoms with E-state index in [9.17, 15) is 0 Å². The number of aromatic nitrogens is 6. The Morgan fingerprint density at radius 1 is 0.446 bits per heavy atom. The van der Waals surface area contributed by atoms with Crippen LogP contribution in [0.1, 0.15) is 13.7 Å². The molecule has 0 saturated heterocycles. The van der Waals surface area contributed by atoms with Crippen molar-refractivity contribution < 1.29 is 18.1 Å². The zero-order chi connectivity index (χ0) is 45.7. The van der Waals surface area contributed by atoms with Crippen molar-refractivity contribution in [1.82, 2.24) is 29.5 Å². The lowest BCUT2D eigenvalue weighted by molar-refractivity contribution is 0.667. The van der Waals surface area contributed by atoms with Gasteiger partial charge in [0.2, 0.25) is 0 Å². The van der Waals surface area contributed by atoms with Gasteiger partial charge in [0.1, 0.15) is 16.8 Å². The molecule has 7 heteroatoms. The Hall–Kier alpha value is -7.77. The second kappa shape index (κ2) is 13.0. The number of hydrogen-bond acceptors (Lipinski definition) is 6. The maximum atomic E-state index is 8.93. The van der Waals surface area contributed by atoms with Gasteiger partial charge in [0, 0.05) is 44.0 Å². The van der Waals surface area contributed by atoms with E-state index in [0.29, 0.717) is 38.9 Å². The van der Waals surface area contributed by atoms with Crippen LogP contribution in [0.5, 0.6) is 0 Å². The van der Waals surface area contributed by atoms with Crippen molar-refractivity contribution in [1.29, 1.82) is 0 Å². The highest BCUT2D eigenvalue weighted by Gasteiger charge is 2.23. The molecule has 0 aliphatic rings. The van der Waals surface area contributed by atoms with Gasteiger partial charge in [0.05, 0.1) is 30.4 Å². The van der Waals surface area contributed by atoms with Crippen molar-refractivity contribution in [3.63, 3.8) is 0 Å². The van der Waals surface area contributed by atoms with Crippen LogP contribution in [0.2, 0.25) is 0 Å². The molecule has 0 fully saturated rings. The standard InChI is InChI=1S/C49H30N6O/c1-4-16-31(17-5-1)43-45-44(37-24-12-15-27-42(37)56-45)51-48(50-43)34-28-29-41(55-39-25-13-10-22-35(39)36-23-11-14-26-40(36)55)38(30-34)49-53-46(32-18-6-2-7-19-32)52-47(54-49)33-20-8-3-9-21-33/h1-30H/i1D,2D,4D,5D,6D,7D,16D,17D,18D,19D. The minimum atomic E-state index is -0.557. The molecule has 7 nitrogen and oxygen atoms in total. The zero-order valence-electron chi connectivity index (χ0n) is 39.1. The monoisotopic (exact) mass is 728 g/mol. The lowest BCUT2D eigenvalue weighted by atomic mass is 10.0. The van der Waals surface area contributed by atoms with E-state index in [4.69, 9.17) is 43.0 Å². The summed E-state index contributed by atoms with van der Waals surface area (Å²) < 4.78 is 94.7. The molecule has 7 aromatic carbocycles. The number of para-hydroxylation sites is 3. The minimum Gasteiger partial charge on any atom is -0.452 e. The molecular formula is C49H30N6O. The normalized spacial score (nSPS) is 14.1. The average Bonchev–Trinajstić information content (AvgIpc) is 3.90. The Morgan fingerprint density at radius 2 is 1.02 bits per heavy atom. The largest absolute Gasteiger partial charge is 0.452 e. The number of hydrogen-bond donors (Lipinski definition) is 0. The Balaban J connectivity index is 1.26. The SMILES string of the molecule is [2H]c1c([2H])c([2H])c(-c2nc(-c3ccccc3)nc(-c3cc(-c4nc(-c5c([2H])c([2H])c([2H])c([2H])c5[2H])c5oc6ccccc6c5n4)ccc3-n3c4ccccc4c4ccccc43)n2)c([2H])c1[2H]. The molecule has 0 bridgehead atoms. The van der Waals surface area contributed by atoms with Crippen LogP contribution in [0.4, 0.5) is 0 Å². The number of nitrogens with zero attached hydrogens (tertiary/aromatic N) is 6. The lowest BCUT2D eigenvalue weighted by Crippen LogP contribution is -2.04. The molecule has 4 heterocycles. The summed E-state index contributed by atoms with van der Waals surface area (Å²) in [6, 6.07) is 32.4. The molecule has 0 saturated carbocycles. The highest BCUT2D eigenvalue weighted by atomic mass is 16.3. The smallest absolute Gasteiger partial charge is 0.180 e. The van der Waals surface area contributed by atoms with E-state index >= 15 is 0 Å². The molecular weight excluding hydrogens is 689 g/mol. The molecule has 0 aliphatic heterocycles. The zero-order valence-corrected chi connectivity index (χ0v) is 29.1. The molecule has 56 heavy (non-hydrogen) atoms. The highest BCUT2D eigenvalue weighted by molar-refractivity contribution is 6.10. The van der Waals surface area contributed by atoms with Crippen LogP contribution in [-0.4, -0.2) is 29.5 Å². The second-order valence-electron chi connectivity index (χ2n) is 12.9. The molecule has 4 aromatic heterocycles. The van der Waals surface area contributed by atoms with E-state index < -0.39 is 60.4 Å². The van der Waals surface area contributed by atoms with Crippen LogP contribution in [0.25, 0.3) is 106 Å². The number of benzene rings is 7. The Labute approximate surface area is 335 Å². The van der Waals surface area contributed by atoms with Crippen molar-refractivity contribution in [3.8, 4) is 62.5 Å². The topological polar surface area (TPSA) is 82.5 Å². The fraction of sp³-hybridized carbons (Fsp3) is 0. The van der Waals surface area contributed by atoms with Gasteiger partial charge >= 0.3 is 0 Å². The Bertz CT molecular complexity index is 3750. The van der Waals surface area contributed by atoms with Gasteiger partial charge in [0.15, 0.2) is 28.9 Å². The maximum Gasteiger partial charge on any atom is 0.180 e. The summed E-state index contributed by atoms with van der Waals surface area (Å²) in [5.41, 5.74) is 4.29. The van der Waals surface area contributed by atoms with E-state index in [2.05, 4.69) is 4.57 Å². The number of rotatable bonds is 6. The fourth-order valence-electron chi connectivity index (χ4n) is 7.18. The van der Waals surface area contributed by atoms with E-state index in [-0.39, 0.29) is 45.7 Å². The van der Waals surface area contributed by atoms with Crippen LogP contribution in [0.15, 0.2) is 186 Å². The van der Waals surface area contributed by atoms with E-state index in [1.165, 1.54) is 0 Å². The molecule has 262 valence electrons.